The van der Waals surface area contributed by atoms with E-state index in [2.05, 4.69) is 26.0 Å². The lowest BCUT2D eigenvalue weighted by Crippen LogP contribution is -2.23. The molecule has 1 aliphatic rings. The molecule has 0 aliphatic heterocycles. The number of allylic oxidation sites excluding steroid dienone is 3. The highest BCUT2D eigenvalue weighted by molar-refractivity contribution is 5.66. The molecule has 150 valence electrons. The second-order valence-electron chi connectivity index (χ2n) is 8.19. The fraction of sp³-hybridized carbons (Fsp3) is 0.773. The zero-order valence-electron chi connectivity index (χ0n) is 16.7. The van der Waals surface area contributed by atoms with Crippen molar-refractivity contribution in [2.24, 2.45) is 17.8 Å². The summed E-state index contributed by atoms with van der Waals surface area (Å²) in [6, 6.07) is 0. The standard InChI is InChI=1S/C22H38O4/c1-4-5-10-14-22(3,26)15-13-18-17(2)16-20(23)19(18)11-8-6-7-9-12-21(24)25/h6,8,13,15,17-20,23,26H,4-5,7,9-12,14,16H2,1-3H3,(H,24,25)/b8-6-,15-13+/t17-,18+,19-,20+,22+/m1/s1. The molecule has 1 rings (SSSR count). The van der Waals surface area contributed by atoms with Gasteiger partial charge < -0.3 is 15.3 Å². The molecule has 0 aromatic rings. The first-order valence-electron chi connectivity index (χ1n) is 10.2. The Kier molecular flexibility index (Phi) is 10.2. The van der Waals surface area contributed by atoms with Gasteiger partial charge in [-0.25, -0.2) is 0 Å². The van der Waals surface area contributed by atoms with Crippen LogP contribution in [-0.2, 0) is 4.79 Å². The van der Waals surface area contributed by atoms with Crippen molar-refractivity contribution in [1.82, 2.24) is 0 Å². The number of aliphatic hydroxyl groups excluding tert-OH is 1. The average Bonchev–Trinajstić information content (AvgIpc) is 2.82. The van der Waals surface area contributed by atoms with Crippen molar-refractivity contribution >= 4 is 5.97 Å². The van der Waals surface area contributed by atoms with Gasteiger partial charge in [0.15, 0.2) is 0 Å². The predicted molar refractivity (Wildman–Crippen MR) is 106 cm³/mol. The Bertz CT molecular complexity index is 467. The molecule has 1 aliphatic carbocycles. The Morgan fingerprint density at radius 2 is 1.96 bits per heavy atom. The van der Waals surface area contributed by atoms with E-state index < -0.39 is 11.6 Å². The number of carboxylic acids is 1. The van der Waals surface area contributed by atoms with Crippen molar-refractivity contribution in [2.75, 3.05) is 0 Å². The van der Waals surface area contributed by atoms with E-state index in [1.165, 1.54) is 0 Å². The summed E-state index contributed by atoms with van der Waals surface area (Å²) in [6.07, 6.45) is 15.1. The van der Waals surface area contributed by atoms with Crippen molar-refractivity contribution in [2.45, 2.75) is 90.3 Å². The van der Waals surface area contributed by atoms with E-state index in [4.69, 9.17) is 5.11 Å². The number of aliphatic hydroxyl groups is 2. The number of hydrogen-bond acceptors (Lipinski definition) is 3. The Morgan fingerprint density at radius 1 is 1.23 bits per heavy atom. The summed E-state index contributed by atoms with van der Waals surface area (Å²) in [5.74, 6) is 0.0856. The van der Waals surface area contributed by atoms with Crippen LogP contribution in [0.4, 0.5) is 0 Å². The van der Waals surface area contributed by atoms with Gasteiger partial charge in [0.05, 0.1) is 11.7 Å². The van der Waals surface area contributed by atoms with Crippen LogP contribution in [0, 0.1) is 17.8 Å². The molecule has 0 spiro atoms. The zero-order valence-corrected chi connectivity index (χ0v) is 16.7. The molecule has 0 amide bonds. The molecule has 0 heterocycles. The predicted octanol–water partition coefficient (Wildman–Crippen LogP) is 4.71. The molecule has 0 aromatic heterocycles. The summed E-state index contributed by atoms with van der Waals surface area (Å²) in [6.45, 7) is 6.19. The Balaban J connectivity index is 2.56. The van der Waals surface area contributed by atoms with Crippen molar-refractivity contribution < 1.29 is 20.1 Å². The zero-order chi connectivity index (χ0) is 19.6. The summed E-state index contributed by atoms with van der Waals surface area (Å²) >= 11 is 0. The van der Waals surface area contributed by atoms with Gasteiger partial charge in [0.2, 0.25) is 0 Å². The first-order chi connectivity index (χ1) is 12.3. The first-order valence-corrected chi connectivity index (χ1v) is 10.2. The molecule has 1 saturated carbocycles. The summed E-state index contributed by atoms with van der Waals surface area (Å²) in [7, 11) is 0. The number of carbonyl (C=O) groups is 1. The number of aliphatic carboxylic acids is 1. The van der Waals surface area contributed by atoms with Crippen LogP contribution >= 0.6 is 0 Å². The van der Waals surface area contributed by atoms with Gasteiger partial charge in [0, 0.05) is 6.42 Å². The fourth-order valence-electron chi connectivity index (χ4n) is 3.91. The molecule has 3 N–H and O–H groups in total. The van der Waals surface area contributed by atoms with Gasteiger partial charge in [-0.05, 0) is 56.8 Å². The molecular formula is C22H38O4. The highest BCUT2D eigenvalue weighted by Gasteiger charge is 2.38. The van der Waals surface area contributed by atoms with E-state index >= 15 is 0 Å². The topological polar surface area (TPSA) is 77.8 Å². The molecule has 1 fully saturated rings. The maximum atomic E-state index is 10.5. The van der Waals surface area contributed by atoms with Crippen LogP contribution < -0.4 is 0 Å². The van der Waals surface area contributed by atoms with Crippen LogP contribution in [0.2, 0.25) is 0 Å². The second kappa shape index (κ2) is 11.6. The third-order valence-electron chi connectivity index (χ3n) is 5.56. The minimum Gasteiger partial charge on any atom is -0.481 e. The van der Waals surface area contributed by atoms with E-state index in [0.29, 0.717) is 12.3 Å². The maximum Gasteiger partial charge on any atom is 0.303 e. The average molecular weight is 367 g/mol. The fourth-order valence-corrected chi connectivity index (χ4v) is 3.91. The molecule has 5 atom stereocenters. The number of unbranched alkanes of at least 4 members (excludes halogenated alkanes) is 3. The van der Waals surface area contributed by atoms with E-state index in [9.17, 15) is 15.0 Å². The summed E-state index contributed by atoms with van der Waals surface area (Å²) in [4.78, 5) is 10.5. The van der Waals surface area contributed by atoms with Crippen LogP contribution in [0.25, 0.3) is 0 Å². The van der Waals surface area contributed by atoms with Gasteiger partial charge >= 0.3 is 5.97 Å². The third-order valence-corrected chi connectivity index (χ3v) is 5.56. The number of hydrogen-bond donors (Lipinski definition) is 3. The van der Waals surface area contributed by atoms with E-state index in [0.717, 1.165) is 44.9 Å². The molecule has 0 radical (unpaired) electrons. The van der Waals surface area contributed by atoms with Crippen molar-refractivity contribution in [3.05, 3.63) is 24.3 Å². The number of carboxylic acid groups (broad SMARTS) is 1. The molecule has 4 nitrogen and oxygen atoms in total. The lowest BCUT2D eigenvalue weighted by molar-refractivity contribution is -0.137. The van der Waals surface area contributed by atoms with Gasteiger partial charge in [-0.15, -0.1) is 0 Å². The van der Waals surface area contributed by atoms with Gasteiger partial charge in [-0.2, -0.15) is 0 Å². The third kappa shape index (κ3) is 8.50. The second-order valence-corrected chi connectivity index (χ2v) is 8.19. The minimum absolute atomic E-state index is 0.170. The van der Waals surface area contributed by atoms with Gasteiger partial charge in [-0.3, -0.25) is 4.79 Å². The monoisotopic (exact) mass is 366 g/mol. The van der Waals surface area contributed by atoms with Crippen LogP contribution in [0.1, 0.15) is 78.6 Å². The van der Waals surface area contributed by atoms with Crippen molar-refractivity contribution in [3.8, 4) is 0 Å². The Hall–Kier alpha value is -1.13. The quantitative estimate of drug-likeness (QED) is 0.345. The van der Waals surface area contributed by atoms with Gasteiger partial charge in [-0.1, -0.05) is 57.4 Å². The largest absolute Gasteiger partial charge is 0.481 e. The van der Waals surface area contributed by atoms with Crippen molar-refractivity contribution in [1.29, 1.82) is 0 Å². The van der Waals surface area contributed by atoms with Crippen LogP contribution in [0.3, 0.4) is 0 Å². The van der Waals surface area contributed by atoms with Crippen LogP contribution in [0.5, 0.6) is 0 Å². The summed E-state index contributed by atoms with van der Waals surface area (Å²) < 4.78 is 0. The smallest absolute Gasteiger partial charge is 0.303 e. The van der Waals surface area contributed by atoms with E-state index in [-0.39, 0.29) is 24.4 Å². The van der Waals surface area contributed by atoms with Gasteiger partial charge in [0.25, 0.3) is 0 Å². The minimum atomic E-state index is -0.778. The Morgan fingerprint density at radius 3 is 2.62 bits per heavy atom. The summed E-state index contributed by atoms with van der Waals surface area (Å²) in [5.41, 5.74) is -0.778. The molecule has 0 bridgehead atoms. The van der Waals surface area contributed by atoms with Crippen LogP contribution in [-0.4, -0.2) is 33.0 Å². The molecular weight excluding hydrogens is 328 g/mol. The highest BCUT2D eigenvalue weighted by atomic mass is 16.4. The highest BCUT2D eigenvalue weighted by Crippen LogP contribution is 2.40. The molecule has 26 heavy (non-hydrogen) atoms. The van der Waals surface area contributed by atoms with E-state index in [1.54, 1.807) is 0 Å². The van der Waals surface area contributed by atoms with E-state index in [1.807, 2.05) is 19.1 Å². The summed E-state index contributed by atoms with van der Waals surface area (Å²) in [5, 5.41) is 29.6. The number of rotatable bonds is 12. The lowest BCUT2D eigenvalue weighted by Gasteiger charge is -2.23. The molecule has 4 heteroatoms. The van der Waals surface area contributed by atoms with Gasteiger partial charge in [0.1, 0.15) is 0 Å². The van der Waals surface area contributed by atoms with Crippen LogP contribution in [0.15, 0.2) is 24.3 Å². The SMILES string of the molecule is CCCCC[C@](C)(O)/C=C/[C@@H]1[C@@H](C/C=C\CCCC(=O)O)[C@@H](O)C[C@H]1C. The molecule has 0 unspecified atom stereocenters. The molecule has 0 aromatic carbocycles. The Labute approximate surface area is 159 Å². The maximum absolute atomic E-state index is 10.5. The first kappa shape index (κ1) is 22.9. The lowest BCUT2D eigenvalue weighted by atomic mass is 9.85. The van der Waals surface area contributed by atoms with Crippen molar-refractivity contribution in [3.63, 3.8) is 0 Å². The molecule has 0 saturated heterocycles. The normalized spacial score (nSPS) is 28.8.